The molecule has 0 fully saturated rings. The molecular formula is C11H12FNO2S. The lowest BCUT2D eigenvalue weighted by Gasteiger charge is -2.26. The van der Waals surface area contributed by atoms with Gasteiger partial charge in [-0.05, 0) is 18.6 Å². The van der Waals surface area contributed by atoms with E-state index in [-0.39, 0.29) is 18.3 Å². The zero-order chi connectivity index (χ0) is 11.5. The summed E-state index contributed by atoms with van der Waals surface area (Å²) in [5, 5.41) is 11.6. The lowest BCUT2D eigenvalue weighted by Crippen LogP contribution is -2.27. The van der Waals surface area contributed by atoms with Crippen LogP contribution in [0, 0.1) is 5.82 Å². The molecular weight excluding hydrogens is 229 g/mol. The Morgan fingerprint density at radius 3 is 3.19 bits per heavy atom. The second kappa shape index (κ2) is 4.74. The first kappa shape index (κ1) is 11.3. The Kier molecular flexibility index (Phi) is 3.33. The molecule has 1 heterocycles. The fourth-order valence-corrected chi connectivity index (χ4v) is 2.76. The molecule has 16 heavy (non-hydrogen) atoms. The molecule has 0 radical (unpaired) electrons. The highest BCUT2D eigenvalue weighted by Gasteiger charge is 2.21. The van der Waals surface area contributed by atoms with Crippen molar-refractivity contribution in [2.24, 2.45) is 0 Å². The average Bonchev–Trinajstić information content (AvgIpc) is 2.27. The number of benzene rings is 1. The number of carboxylic acids is 1. The number of anilines is 1. The van der Waals surface area contributed by atoms with E-state index in [9.17, 15) is 9.18 Å². The molecule has 5 heteroatoms. The maximum atomic E-state index is 13.5. The Balaban J connectivity index is 2.05. The number of carbonyl (C=O) groups is 1. The quantitative estimate of drug-likeness (QED) is 0.854. The second-order valence-electron chi connectivity index (χ2n) is 3.70. The summed E-state index contributed by atoms with van der Waals surface area (Å²) in [7, 11) is 0. The number of para-hydroxylation sites is 1. The maximum absolute atomic E-state index is 13.5. The highest BCUT2D eigenvalue weighted by Crippen LogP contribution is 2.35. The summed E-state index contributed by atoms with van der Waals surface area (Å²) in [5.41, 5.74) is 0.508. The van der Waals surface area contributed by atoms with E-state index in [4.69, 9.17) is 5.11 Å². The van der Waals surface area contributed by atoms with E-state index in [1.165, 1.54) is 6.07 Å². The smallest absolute Gasteiger partial charge is 0.303 e. The average molecular weight is 241 g/mol. The molecule has 0 spiro atoms. The fourth-order valence-electron chi connectivity index (χ4n) is 1.65. The standard InChI is InChI=1S/C11H12FNO2S/c12-8-2-1-3-9-11(8)13-7(6-16-9)4-5-10(14)15/h1-3,7,13H,4-6H2,(H,14,15). The topological polar surface area (TPSA) is 49.3 Å². The van der Waals surface area contributed by atoms with Gasteiger partial charge in [-0.3, -0.25) is 4.79 Å². The number of carboxylic acid groups (broad SMARTS) is 1. The summed E-state index contributed by atoms with van der Waals surface area (Å²) in [6.45, 7) is 0. The van der Waals surface area contributed by atoms with Crippen LogP contribution in [0.15, 0.2) is 23.1 Å². The van der Waals surface area contributed by atoms with Gasteiger partial charge in [0.15, 0.2) is 0 Å². The number of nitrogens with one attached hydrogen (secondary N) is 1. The molecule has 1 aromatic carbocycles. The minimum absolute atomic E-state index is 0.0329. The van der Waals surface area contributed by atoms with Crippen molar-refractivity contribution in [3.8, 4) is 0 Å². The molecule has 3 nitrogen and oxygen atoms in total. The molecule has 0 saturated heterocycles. The largest absolute Gasteiger partial charge is 0.481 e. The van der Waals surface area contributed by atoms with E-state index in [0.29, 0.717) is 12.1 Å². The van der Waals surface area contributed by atoms with Gasteiger partial charge in [0.05, 0.1) is 5.69 Å². The predicted molar refractivity (Wildman–Crippen MR) is 61.4 cm³/mol. The van der Waals surface area contributed by atoms with Crippen molar-refractivity contribution < 1.29 is 14.3 Å². The normalized spacial score (nSPS) is 18.7. The van der Waals surface area contributed by atoms with Crippen molar-refractivity contribution in [3.63, 3.8) is 0 Å². The van der Waals surface area contributed by atoms with Gasteiger partial charge in [-0.2, -0.15) is 0 Å². The Morgan fingerprint density at radius 2 is 2.44 bits per heavy atom. The van der Waals surface area contributed by atoms with Crippen LogP contribution in [0.1, 0.15) is 12.8 Å². The van der Waals surface area contributed by atoms with Crippen LogP contribution in [0.3, 0.4) is 0 Å². The molecule has 0 bridgehead atoms. The van der Waals surface area contributed by atoms with Crippen LogP contribution < -0.4 is 5.32 Å². The third kappa shape index (κ3) is 2.47. The third-order valence-electron chi connectivity index (χ3n) is 2.47. The molecule has 2 N–H and O–H groups in total. The van der Waals surface area contributed by atoms with Gasteiger partial charge in [0, 0.05) is 23.1 Å². The first-order chi connectivity index (χ1) is 7.66. The van der Waals surface area contributed by atoms with Crippen LogP contribution in [0.2, 0.25) is 0 Å². The zero-order valence-corrected chi connectivity index (χ0v) is 9.39. The monoisotopic (exact) mass is 241 g/mol. The summed E-state index contributed by atoms with van der Waals surface area (Å²) in [4.78, 5) is 11.3. The molecule has 0 amide bonds. The van der Waals surface area contributed by atoms with Crippen molar-refractivity contribution >= 4 is 23.4 Å². The zero-order valence-electron chi connectivity index (χ0n) is 8.57. The van der Waals surface area contributed by atoms with Crippen LogP contribution in [-0.4, -0.2) is 22.9 Å². The van der Waals surface area contributed by atoms with Gasteiger partial charge in [-0.15, -0.1) is 11.8 Å². The summed E-state index contributed by atoms with van der Waals surface area (Å²) in [6, 6.07) is 4.99. The van der Waals surface area contributed by atoms with Crippen molar-refractivity contribution in [1.29, 1.82) is 0 Å². The highest BCUT2D eigenvalue weighted by atomic mass is 32.2. The third-order valence-corrected chi connectivity index (χ3v) is 3.69. The predicted octanol–water partition coefficient (Wildman–Crippen LogP) is 2.58. The van der Waals surface area contributed by atoms with Gasteiger partial charge >= 0.3 is 5.97 Å². The van der Waals surface area contributed by atoms with E-state index >= 15 is 0 Å². The van der Waals surface area contributed by atoms with Gasteiger partial charge in [-0.1, -0.05) is 6.07 Å². The van der Waals surface area contributed by atoms with Gasteiger partial charge in [0.25, 0.3) is 0 Å². The van der Waals surface area contributed by atoms with Crippen LogP contribution >= 0.6 is 11.8 Å². The van der Waals surface area contributed by atoms with Crippen molar-refractivity contribution in [2.75, 3.05) is 11.1 Å². The number of aliphatic carboxylic acids is 1. The molecule has 1 aromatic rings. The SMILES string of the molecule is O=C(O)CCC1CSc2cccc(F)c2N1. The Labute approximate surface area is 97.0 Å². The summed E-state index contributed by atoms with van der Waals surface area (Å²) in [5.74, 6) is -0.305. The minimum Gasteiger partial charge on any atom is -0.481 e. The van der Waals surface area contributed by atoms with Gasteiger partial charge < -0.3 is 10.4 Å². The van der Waals surface area contributed by atoms with E-state index in [0.717, 1.165) is 10.6 Å². The Morgan fingerprint density at radius 1 is 1.62 bits per heavy atom. The molecule has 1 atom stereocenters. The molecule has 86 valence electrons. The Bertz CT molecular complexity index is 411. The molecule has 0 aromatic heterocycles. The molecule has 0 aliphatic carbocycles. The van der Waals surface area contributed by atoms with Crippen LogP contribution in [0.4, 0.5) is 10.1 Å². The first-order valence-corrected chi connectivity index (χ1v) is 6.05. The summed E-state index contributed by atoms with van der Waals surface area (Å²) >= 11 is 1.57. The summed E-state index contributed by atoms with van der Waals surface area (Å²) < 4.78 is 13.5. The second-order valence-corrected chi connectivity index (χ2v) is 4.76. The number of hydrogen-bond donors (Lipinski definition) is 2. The van der Waals surface area contributed by atoms with E-state index in [1.54, 1.807) is 17.8 Å². The minimum atomic E-state index is -0.814. The fraction of sp³-hybridized carbons (Fsp3) is 0.364. The van der Waals surface area contributed by atoms with Crippen LogP contribution in [0.5, 0.6) is 0 Å². The summed E-state index contributed by atoms with van der Waals surface area (Å²) in [6.07, 6.45) is 0.637. The lowest BCUT2D eigenvalue weighted by atomic mass is 10.1. The van der Waals surface area contributed by atoms with Crippen molar-refractivity contribution in [1.82, 2.24) is 0 Å². The number of rotatable bonds is 3. The first-order valence-electron chi connectivity index (χ1n) is 5.06. The number of hydrogen-bond acceptors (Lipinski definition) is 3. The number of thioether (sulfide) groups is 1. The lowest BCUT2D eigenvalue weighted by molar-refractivity contribution is -0.137. The number of halogens is 1. The highest BCUT2D eigenvalue weighted by molar-refractivity contribution is 7.99. The molecule has 1 aliphatic heterocycles. The van der Waals surface area contributed by atoms with Gasteiger partial charge in [-0.25, -0.2) is 4.39 Å². The molecule has 1 unspecified atom stereocenters. The van der Waals surface area contributed by atoms with Crippen LogP contribution in [-0.2, 0) is 4.79 Å². The molecule has 1 aliphatic rings. The van der Waals surface area contributed by atoms with Crippen molar-refractivity contribution in [2.45, 2.75) is 23.8 Å². The van der Waals surface area contributed by atoms with E-state index in [2.05, 4.69) is 5.32 Å². The van der Waals surface area contributed by atoms with Gasteiger partial charge in [0.1, 0.15) is 5.82 Å². The van der Waals surface area contributed by atoms with Gasteiger partial charge in [0.2, 0.25) is 0 Å². The maximum Gasteiger partial charge on any atom is 0.303 e. The molecule has 2 rings (SSSR count). The van der Waals surface area contributed by atoms with E-state index < -0.39 is 5.97 Å². The van der Waals surface area contributed by atoms with Crippen LogP contribution in [0.25, 0.3) is 0 Å². The van der Waals surface area contributed by atoms with E-state index in [1.807, 2.05) is 6.07 Å². The van der Waals surface area contributed by atoms with Crippen molar-refractivity contribution in [3.05, 3.63) is 24.0 Å². The Hall–Kier alpha value is -1.23. The number of fused-ring (bicyclic) bond motifs is 1. The molecule has 0 saturated carbocycles.